The molecule has 0 saturated heterocycles. The Morgan fingerprint density at radius 1 is 1.18 bits per heavy atom. The molecular weight excluding hydrogens is 416 g/mol. The van der Waals surface area contributed by atoms with E-state index in [0.717, 1.165) is 17.5 Å². The second-order valence-corrected chi connectivity index (χ2v) is 7.78. The van der Waals surface area contributed by atoms with Crippen LogP contribution in [0.25, 0.3) is 0 Å². The van der Waals surface area contributed by atoms with Crippen molar-refractivity contribution < 1.29 is 19.4 Å². The van der Waals surface area contributed by atoms with E-state index in [1.165, 1.54) is 6.20 Å². The van der Waals surface area contributed by atoms with Gasteiger partial charge in [-0.25, -0.2) is 4.79 Å². The lowest BCUT2D eigenvalue weighted by atomic mass is 10.00. The Balaban J connectivity index is 1.65. The molecule has 1 heterocycles. The highest BCUT2D eigenvalue weighted by molar-refractivity contribution is 5.97. The van der Waals surface area contributed by atoms with Gasteiger partial charge in [0.05, 0.1) is 11.7 Å². The number of amides is 1. The standard InChI is InChI=1S/C27H28N2O4/c28-24-15-7-12-21-11-5-2-6-13-22(30)19-23(33-27(32)26(21)24)14-8-18-29-25(31)17-16-20-9-3-1-4-10-20/h1-5,7-10,12,15,18,22-23,30H,6,11,13-14,19,28H2,(H,29,31)/b5-2+,18-8+/t22-,23-/m0/s1. The molecule has 0 radical (unpaired) electrons. The lowest BCUT2D eigenvalue weighted by Gasteiger charge is -2.21. The first-order valence-corrected chi connectivity index (χ1v) is 11.0. The summed E-state index contributed by atoms with van der Waals surface area (Å²) in [7, 11) is 0. The minimum atomic E-state index is -0.612. The first-order chi connectivity index (χ1) is 16.0. The predicted octanol–water partition coefficient (Wildman–Crippen LogP) is 3.51. The molecule has 0 saturated carbocycles. The first kappa shape index (κ1) is 23.8. The Bertz CT molecular complexity index is 1080. The number of nitrogens with one attached hydrogen (secondary N) is 1. The smallest absolute Gasteiger partial charge is 0.340 e. The van der Waals surface area contributed by atoms with Gasteiger partial charge in [-0.2, -0.15) is 0 Å². The van der Waals surface area contributed by atoms with Crippen LogP contribution in [-0.4, -0.2) is 29.2 Å². The van der Waals surface area contributed by atoms with E-state index >= 15 is 0 Å². The van der Waals surface area contributed by atoms with Crippen molar-refractivity contribution in [2.24, 2.45) is 0 Å². The molecule has 0 spiro atoms. The number of rotatable bonds is 3. The third-order valence-corrected chi connectivity index (χ3v) is 5.19. The van der Waals surface area contributed by atoms with Crippen molar-refractivity contribution in [1.29, 1.82) is 0 Å². The normalized spacial score (nSPS) is 19.7. The van der Waals surface area contributed by atoms with E-state index in [4.69, 9.17) is 10.5 Å². The van der Waals surface area contributed by atoms with E-state index < -0.39 is 24.1 Å². The van der Waals surface area contributed by atoms with Crippen LogP contribution in [0.4, 0.5) is 5.69 Å². The first-order valence-electron chi connectivity index (χ1n) is 11.0. The van der Waals surface area contributed by atoms with E-state index in [1.807, 2.05) is 54.6 Å². The SMILES string of the molecule is Nc1cccc2c1C(=O)O[C@@H](C/C=C/NC(=O)C#Cc1ccccc1)C[C@@H](O)CC/C=C/C2. The van der Waals surface area contributed by atoms with Crippen molar-refractivity contribution in [3.8, 4) is 11.8 Å². The van der Waals surface area contributed by atoms with Gasteiger partial charge in [0.1, 0.15) is 6.10 Å². The van der Waals surface area contributed by atoms with Crippen molar-refractivity contribution in [3.63, 3.8) is 0 Å². The average Bonchev–Trinajstić information content (AvgIpc) is 2.80. The molecule has 1 aliphatic heterocycles. The van der Waals surface area contributed by atoms with Crippen LogP contribution in [0.1, 0.15) is 47.2 Å². The Hall–Kier alpha value is -3.82. The number of allylic oxidation sites excluding steroid dienone is 2. The molecule has 0 aliphatic carbocycles. The van der Waals surface area contributed by atoms with E-state index in [0.29, 0.717) is 30.5 Å². The fourth-order valence-corrected chi connectivity index (χ4v) is 3.52. The molecule has 2 atom stereocenters. The van der Waals surface area contributed by atoms with Gasteiger partial charge < -0.3 is 20.9 Å². The summed E-state index contributed by atoms with van der Waals surface area (Å²) in [6.07, 6.45) is 8.44. The summed E-state index contributed by atoms with van der Waals surface area (Å²) in [5.41, 5.74) is 8.33. The molecule has 0 aromatic heterocycles. The fraction of sp³-hybridized carbons (Fsp3) is 0.259. The van der Waals surface area contributed by atoms with Crippen molar-refractivity contribution in [2.45, 2.75) is 44.3 Å². The lowest BCUT2D eigenvalue weighted by molar-refractivity contribution is -0.114. The monoisotopic (exact) mass is 444 g/mol. The number of anilines is 1. The highest BCUT2D eigenvalue weighted by atomic mass is 16.5. The number of hydrogen-bond donors (Lipinski definition) is 3. The van der Waals surface area contributed by atoms with Crippen molar-refractivity contribution in [2.75, 3.05) is 5.73 Å². The number of carbonyl (C=O) groups excluding carboxylic acids is 2. The number of hydrogen-bond acceptors (Lipinski definition) is 5. The molecular formula is C27H28N2O4. The molecule has 1 aliphatic rings. The second kappa shape index (κ2) is 12.3. The van der Waals surface area contributed by atoms with Gasteiger partial charge in [-0.15, -0.1) is 0 Å². The predicted molar refractivity (Wildman–Crippen MR) is 128 cm³/mol. The molecule has 0 fully saturated rings. The maximum absolute atomic E-state index is 12.9. The van der Waals surface area contributed by atoms with Crippen LogP contribution in [0.2, 0.25) is 0 Å². The van der Waals surface area contributed by atoms with Gasteiger partial charge in [0.25, 0.3) is 5.91 Å². The molecule has 0 bridgehead atoms. The number of benzene rings is 2. The largest absolute Gasteiger partial charge is 0.458 e. The van der Waals surface area contributed by atoms with E-state index in [9.17, 15) is 14.7 Å². The number of carbonyl (C=O) groups is 2. The van der Waals surface area contributed by atoms with Gasteiger partial charge in [-0.05, 0) is 43.0 Å². The number of nitrogen functional groups attached to an aromatic ring is 1. The highest BCUT2D eigenvalue weighted by Gasteiger charge is 2.22. The number of esters is 1. The maximum atomic E-state index is 12.9. The molecule has 0 unspecified atom stereocenters. The number of cyclic esters (lactones) is 1. The number of nitrogens with two attached hydrogens (primary N) is 1. The van der Waals surface area contributed by atoms with Crippen molar-refractivity contribution in [1.82, 2.24) is 5.32 Å². The fourth-order valence-electron chi connectivity index (χ4n) is 3.52. The second-order valence-electron chi connectivity index (χ2n) is 7.78. The van der Waals surface area contributed by atoms with Crippen molar-refractivity contribution >= 4 is 17.6 Å². The summed E-state index contributed by atoms with van der Waals surface area (Å²) < 4.78 is 5.72. The number of aliphatic hydroxyl groups excluding tert-OH is 1. The zero-order valence-corrected chi connectivity index (χ0v) is 18.4. The molecule has 170 valence electrons. The third kappa shape index (κ3) is 7.67. The zero-order valence-electron chi connectivity index (χ0n) is 18.4. The van der Waals surface area contributed by atoms with E-state index in [-0.39, 0.29) is 6.42 Å². The van der Waals surface area contributed by atoms with Crippen LogP contribution < -0.4 is 11.1 Å². The van der Waals surface area contributed by atoms with Gasteiger partial charge in [0, 0.05) is 36.2 Å². The zero-order chi connectivity index (χ0) is 23.5. The van der Waals surface area contributed by atoms with Gasteiger partial charge in [-0.1, -0.05) is 54.5 Å². The van der Waals surface area contributed by atoms with Crippen molar-refractivity contribution in [3.05, 3.63) is 89.6 Å². The Morgan fingerprint density at radius 3 is 2.82 bits per heavy atom. The summed E-state index contributed by atoms with van der Waals surface area (Å²) >= 11 is 0. The Morgan fingerprint density at radius 2 is 2.00 bits per heavy atom. The summed E-state index contributed by atoms with van der Waals surface area (Å²) in [4.78, 5) is 24.8. The molecule has 6 heteroatoms. The summed E-state index contributed by atoms with van der Waals surface area (Å²) in [5, 5.41) is 12.9. The van der Waals surface area contributed by atoms with Crippen LogP contribution in [0, 0.1) is 11.8 Å². The molecule has 2 aromatic carbocycles. The minimum Gasteiger partial charge on any atom is -0.458 e. The topological polar surface area (TPSA) is 102 Å². The van der Waals surface area contributed by atoms with E-state index in [2.05, 4.69) is 17.2 Å². The molecule has 6 nitrogen and oxygen atoms in total. The van der Waals surface area contributed by atoms with Gasteiger partial charge in [0.2, 0.25) is 0 Å². The molecule has 3 rings (SSSR count). The van der Waals surface area contributed by atoms with Gasteiger partial charge >= 0.3 is 5.97 Å². The number of aliphatic hydroxyl groups is 1. The third-order valence-electron chi connectivity index (χ3n) is 5.19. The highest BCUT2D eigenvalue weighted by Crippen LogP contribution is 2.23. The summed E-state index contributed by atoms with van der Waals surface area (Å²) in [6, 6.07) is 14.6. The minimum absolute atomic E-state index is 0.285. The van der Waals surface area contributed by atoms with Crippen LogP contribution in [0.3, 0.4) is 0 Å². The summed E-state index contributed by atoms with van der Waals surface area (Å²) in [5.74, 6) is 4.34. The Labute approximate surface area is 194 Å². The van der Waals surface area contributed by atoms with Gasteiger partial charge in [-0.3, -0.25) is 4.79 Å². The molecule has 1 amide bonds. The Kier molecular flexibility index (Phi) is 8.87. The number of fused-ring (bicyclic) bond motifs is 1. The van der Waals surface area contributed by atoms with E-state index in [1.54, 1.807) is 12.1 Å². The lowest BCUT2D eigenvalue weighted by Crippen LogP contribution is -2.25. The summed E-state index contributed by atoms with van der Waals surface area (Å²) in [6.45, 7) is 0. The van der Waals surface area contributed by atoms with Crippen LogP contribution in [-0.2, 0) is 16.0 Å². The quantitative estimate of drug-likeness (QED) is 0.291. The average molecular weight is 445 g/mol. The van der Waals surface area contributed by atoms with Crippen LogP contribution in [0.15, 0.2) is 73.0 Å². The number of ether oxygens (including phenoxy) is 1. The molecule has 33 heavy (non-hydrogen) atoms. The maximum Gasteiger partial charge on any atom is 0.340 e. The van der Waals surface area contributed by atoms with Gasteiger partial charge in [0.15, 0.2) is 0 Å². The van der Waals surface area contributed by atoms with Crippen LogP contribution in [0.5, 0.6) is 0 Å². The molecule has 2 aromatic rings. The van der Waals surface area contributed by atoms with Crippen LogP contribution >= 0.6 is 0 Å². The molecule has 4 N–H and O–H groups in total.